The third-order valence-corrected chi connectivity index (χ3v) is 4.50. The van der Waals surface area contributed by atoms with E-state index in [4.69, 9.17) is 4.74 Å². The van der Waals surface area contributed by atoms with Crippen molar-refractivity contribution in [3.63, 3.8) is 0 Å². The fourth-order valence-corrected chi connectivity index (χ4v) is 3.11. The maximum absolute atomic E-state index is 12.5. The molecule has 0 fully saturated rings. The number of rotatable bonds is 8. The second-order valence-corrected chi connectivity index (χ2v) is 6.52. The second-order valence-electron chi connectivity index (χ2n) is 6.52. The van der Waals surface area contributed by atoms with Gasteiger partial charge in [0.25, 0.3) is 17.5 Å². The van der Waals surface area contributed by atoms with E-state index in [0.29, 0.717) is 0 Å². The summed E-state index contributed by atoms with van der Waals surface area (Å²) >= 11 is 0. The SMILES string of the molecule is CCOC(=O)c1ccnc(NC(=O)CCCN2C(=O)c3cccc([N+](=O)[O-])c3C2=O)c1. The minimum Gasteiger partial charge on any atom is -0.462 e. The van der Waals surface area contributed by atoms with Crippen LogP contribution in [-0.2, 0) is 9.53 Å². The molecule has 0 spiro atoms. The minimum atomic E-state index is -0.753. The molecule has 31 heavy (non-hydrogen) atoms. The number of anilines is 1. The minimum absolute atomic E-state index is 0.0244. The van der Waals surface area contributed by atoms with Crippen LogP contribution in [0.4, 0.5) is 11.5 Å². The molecule has 0 bridgehead atoms. The first-order chi connectivity index (χ1) is 14.8. The standard InChI is InChI=1S/C20H18N4O7/c1-2-31-20(28)12-8-9-21-15(11-12)22-16(25)7-4-10-23-18(26)13-5-3-6-14(24(29)30)17(13)19(23)27/h3,5-6,8-9,11H,2,4,7,10H2,1H3,(H,21,22,25). The van der Waals surface area contributed by atoms with Crippen LogP contribution >= 0.6 is 0 Å². The van der Waals surface area contributed by atoms with Crippen molar-refractivity contribution < 1.29 is 28.8 Å². The molecule has 1 N–H and O–H groups in total. The van der Waals surface area contributed by atoms with Gasteiger partial charge in [-0.15, -0.1) is 0 Å². The van der Waals surface area contributed by atoms with Crippen LogP contribution in [0.2, 0.25) is 0 Å². The lowest BCUT2D eigenvalue weighted by atomic mass is 10.1. The van der Waals surface area contributed by atoms with E-state index in [0.717, 1.165) is 4.90 Å². The summed E-state index contributed by atoms with van der Waals surface area (Å²) in [4.78, 5) is 64.1. The summed E-state index contributed by atoms with van der Waals surface area (Å²) in [5, 5.41) is 13.7. The van der Waals surface area contributed by atoms with E-state index in [2.05, 4.69) is 10.3 Å². The van der Waals surface area contributed by atoms with Gasteiger partial charge in [0, 0.05) is 25.2 Å². The highest BCUT2D eigenvalue weighted by Gasteiger charge is 2.40. The summed E-state index contributed by atoms with van der Waals surface area (Å²) in [7, 11) is 0. The van der Waals surface area contributed by atoms with E-state index in [1.54, 1.807) is 6.92 Å². The van der Waals surface area contributed by atoms with Crippen molar-refractivity contribution in [3.8, 4) is 0 Å². The molecule has 2 aromatic rings. The van der Waals surface area contributed by atoms with E-state index >= 15 is 0 Å². The van der Waals surface area contributed by atoms with Crippen molar-refractivity contribution >= 4 is 35.2 Å². The fraction of sp³-hybridized carbons (Fsp3) is 0.250. The van der Waals surface area contributed by atoms with Crippen molar-refractivity contribution in [2.75, 3.05) is 18.5 Å². The van der Waals surface area contributed by atoms with Crippen LogP contribution in [0, 0.1) is 10.1 Å². The predicted molar refractivity (Wildman–Crippen MR) is 107 cm³/mol. The average molecular weight is 426 g/mol. The van der Waals surface area contributed by atoms with E-state index < -0.39 is 34.3 Å². The zero-order valence-electron chi connectivity index (χ0n) is 16.5. The fourth-order valence-electron chi connectivity index (χ4n) is 3.11. The molecule has 1 aliphatic rings. The van der Waals surface area contributed by atoms with Crippen LogP contribution in [0.25, 0.3) is 0 Å². The number of aromatic nitrogens is 1. The highest BCUT2D eigenvalue weighted by atomic mass is 16.6. The van der Waals surface area contributed by atoms with Gasteiger partial charge in [-0.25, -0.2) is 9.78 Å². The second kappa shape index (κ2) is 9.11. The van der Waals surface area contributed by atoms with Crippen molar-refractivity contribution in [2.24, 2.45) is 0 Å². The molecule has 1 aromatic carbocycles. The van der Waals surface area contributed by atoms with E-state index in [9.17, 15) is 29.3 Å². The maximum Gasteiger partial charge on any atom is 0.338 e. The number of amides is 3. The lowest BCUT2D eigenvalue weighted by Crippen LogP contribution is -2.31. The van der Waals surface area contributed by atoms with Crippen LogP contribution in [-0.4, -0.2) is 51.6 Å². The number of carbonyl (C=O) groups is 4. The van der Waals surface area contributed by atoms with Gasteiger partial charge in [-0.1, -0.05) is 6.07 Å². The quantitative estimate of drug-likeness (QED) is 0.292. The number of nitro benzene ring substituents is 1. The van der Waals surface area contributed by atoms with Gasteiger partial charge < -0.3 is 10.1 Å². The maximum atomic E-state index is 12.5. The molecule has 1 aromatic heterocycles. The number of ether oxygens (including phenoxy) is 1. The Labute approximate surface area is 176 Å². The number of benzene rings is 1. The van der Waals surface area contributed by atoms with Crippen LogP contribution in [0.5, 0.6) is 0 Å². The van der Waals surface area contributed by atoms with Crippen molar-refractivity contribution in [3.05, 3.63) is 63.3 Å². The predicted octanol–water partition coefficient (Wildman–Crippen LogP) is 2.18. The number of esters is 1. The van der Waals surface area contributed by atoms with Gasteiger partial charge >= 0.3 is 5.97 Å². The number of nitrogens with zero attached hydrogens (tertiary/aromatic N) is 3. The Morgan fingerprint density at radius 3 is 2.71 bits per heavy atom. The Hall–Kier alpha value is -4.15. The lowest BCUT2D eigenvalue weighted by molar-refractivity contribution is -0.385. The number of imide groups is 1. The van der Waals surface area contributed by atoms with Crippen LogP contribution in [0.15, 0.2) is 36.5 Å². The third kappa shape index (κ3) is 4.55. The molecule has 11 heteroatoms. The van der Waals surface area contributed by atoms with Crippen LogP contribution < -0.4 is 5.32 Å². The molecule has 0 saturated carbocycles. The number of hydrogen-bond acceptors (Lipinski definition) is 8. The molecule has 0 unspecified atom stereocenters. The normalized spacial score (nSPS) is 12.5. The Morgan fingerprint density at radius 1 is 1.23 bits per heavy atom. The van der Waals surface area contributed by atoms with E-state index in [-0.39, 0.29) is 48.5 Å². The van der Waals surface area contributed by atoms with Crippen molar-refractivity contribution in [1.82, 2.24) is 9.88 Å². The summed E-state index contributed by atoms with van der Waals surface area (Å²) in [6, 6.07) is 6.70. The number of carbonyl (C=O) groups excluding carboxylic acids is 4. The van der Waals surface area contributed by atoms with Crippen molar-refractivity contribution in [2.45, 2.75) is 19.8 Å². The van der Waals surface area contributed by atoms with Gasteiger partial charge in [0.2, 0.25) is 5.91 Å². The Balaban J connectivity index is 1.58. The molecule has 0 atom stereocenters. The van der Waals surface area contributed by atoms with Gasteiger partial charge in [0.05, 0.1) is 22.7 Å². The monoisotopic (exact) mass is 426 g/mol. The largest absolute Gasteiger partial charge is 0.462 e. The van der Waals surface area contributed by atoms with Gasteiger partial charge in [-0.2, -0.15) is 0 Å². The first-order valence-corrected chi connectivity index (χ1v) is 9.40. The smallest absolute Gasteiger partial charge is 0.338 e. The molecule has 3 amide bonds. The molecular formula is C20H18N4O7. The molecule has 2 heterocycles. The topological polar surface area (TPSA) is 149 Å². The zero-order valence-corrected chi connectivity index (χ0v) is 16.5. The number of nitrogens with one attached hydrogen (secondary N) is 1. The molecule has 160 valence electrons. The molecular weight excluding hydrogens is 408 g/mol. The molecule has 3 rings (SSSR count). The average Bonchev–Trinajstić information content (AvgIpc) is 2.99. The Morgan fingerprint density at radius 2 is 2.00 bits per heavy atom. The Bertz CT molecular complexity index is 1080. The summed E-state index contributed by atoms with van der Waals surface area (Å²) < 4.78 is 4.89. The zero-order chi connectivity index (χ0) is 22.5. The molecule has 0 aliphatic carbocycles. The number of hydrogen-bond donors (Lipinski definition) is 1. The molecule has 0 radical (unpaired) electrons. The summed E-state index contributed by atoms with van der Waals surface area (Å²) in [5.74, 6) is -2.20. The number of nitro groups is 1. The highest BCUT2D eigenvalue weighted by Crippen LogP contribution is 2.30. The number of fused-ring (bicyclic) bond motifs is 1. The van der Waals surface area contributed by atoms with Gasteiger partial charge in [-0.3, -0.25) is 29.4 Å². The van der Waals surface area contributed by atoms with E-state index in [1.807, 2.05) is 0 Å². The van der Waals surface area contributed by atoms with Gasteiger partial charge in [-0.05, 0) is 31.5 Å². The number of pyridine rings is 1. The lowest BCUT2D eigenvalue weighted by Gasteiger charge is -2.13. The first kappa shape index (κ1) is 21.6. The summed E-state index contributed by atoms with van der Waals surface area (Å²) in [5.41, 5.74) is -0.450. The van der Waals surface area contributed by atoms with Gasteiger partial charge in [0.1, 0.15) is 11.4 Å². The van der Waals surface area contributed by atoms with Crippen molar-refractivity contribution in [1.29, 1.82) is 0 Å². The first-order valence-electron chi connectivity index (χ1n) is 9.40. The summed E-state index contributed by atoms with van der Waals surface area (Å²) in [6.45, 7) is 1.81. The van der Waals surface area contributed by atoms with E-state index in [1.165, 1.54) is 36.5 Å². The molecule has 0 saturated heterocycles. The summed E-state index contributed by atoms with van der Waals surface area (Å²) in [6.07, 6.45) is 1.46. The third-order valence-electron chi connectivity index (χ3n) is 4.50. The molecule has 1 aliphatic heterocycles. The molecule has 11 nitrogen and oxygen atoms in total. The Kier molecular flexibility index (Phi) is 6.34. The van der Waals surface area contributed by atoms with Crippen LogP contribution in [0.1, 0.15) is 50.8 Å². The van der Waals surface area contributed by atoms with Crippen LogP contribution in [0.3, 0.4) is 0 Å². The highest BCUT2D eigenvalue weighted by molar-refractivity contribution is 6.23. The van der Waals surface area contributed by atoms with Gasteiger partial charge in [0.15, 0.2) is 0 Å².